The first kappa shape index (κ1) is 18.6. The second kappa shape index (κ2) is 8.09. The summed E-state index contributed by atoms with van der Waals surface area (Å²) >= 11 is 1.55. The number of aliphatic hydroxyl groups excluding tert-OH is 1. The Morgan fingerprint density at radius 2 is 1.93 bits per heavy atom. The Bertz CT molecular complexity index is 742. The van der Waals surface area contributed by atoms with E-state index in [0.717, 1.165) is 51.0 Å². The number of piperidine rings is 2. The highest BCUT2D eigenvalue weighted by molar-refractivity contribution is 7.08. The maximum absolute atomic E-state index is 12.7. The fourth-order valence-corrected chi connectivity index (χ4v) is 5.31. The van der Waals surface area contributed by atoms with Gasteiger partial charge < -0.3 is 10.0 Å². The lowest BCUT2D eigenvalue weighted by Gasteiger charge is -2.51. The van der Waals surface area contributed by atoms with Crippen molar-refractivity contribution in [2.45, 2.75) is 25.8 Å². The normalized spacial score (nSPS) is 22.9. The first-order valence-corrected chi connectivity index (χ1v) is 10.7. The first-order valence-electron chi connectivity index (χ1n) is 9.74. The van der Waals surface area contributed by atoms with Crippen molar-refractivity contribution in [3.63, 3.8) is 0 Å². The minimum Gasteiger partial charge on any atom is -0.396 e. The van der Waals surface area contributed by atoms with Gasteiger partial charge in [-0.3, -0.25) is 14.7 Å². The van der Waals surface area contributed by atoms with Crippen LogP contribution in [0.1, 0.15) is 35.2 Å². The maximum atomic E-state index is 12.7. The van der Waals surface area contributed by atoms with Gasteiger partial charge in [-0.1, -0.05) is 0 Å². The van der Waals surface area contributed by atoms with Gasteiger partial charge in [0.05, 0.1) is 5.56 Å². The molecule has 4 rings (SSSR count). The number of aliphatic hydroxyl groups is 1. The summed E-state index contributed by atoms with van der Waals surface area (Å²) < 4.78 is 0. The minimum absolute atomic E-state index is 0.111. The third-order valence-corrected chi connectivity index (χ3v) is 7.15. The molecule has 0 saturated carbocycles. The van der Waals surface area contributed by atoms with Gasteiger partial charge in [-0.25, -0.2) is 0 Å². The number of rotatable bonds is 4. The third kappa shape index (κ3) is 3.93. The summed E-state index contributed by atoms with van der Waals surface area (Å²) in [7, 11) is 0. The molecule has 27 heavy (non-hydrogen) atoms. The number of hydrogen-bond acceptors (Lipinski definition) is 5. The van der Waals surface area contributed by atoms with Crippen molar-refractivity contribution >= 4 is 17.2 Å². The summed E-state index contributed by atoms with van der Waals surface area (Å²) in [5.74, 6) is 0.289. The highest BCUT2D eigenvalue weighted by Crippen LogP contribution is 2.45. The average Bonchev–Trinajstić information content (AvgIpc) is 3.25. The van der Waals surface area contributed by atoms with Crippen molar-refractivity contribution < 1.29 is 9.90 Å². The van der Waals surface area contributed by atoms with Crippen LogP contribution in [-0.4, -0.2) is 58.6 Å². The second-order valence-electron chi connectivity index (χ2n) is 7.89. The Balaban J connectivity index is 1.37. The van der Waals surface area contributed by atoms with Crippen LogP contribution in [0.2, 0.25) is 0 Å². The van der Waals surface area contributed by atoms with Crippen LogP contribution in [0.4, 0.5) is 0 Å². The molecule has 2 aliphatic heterocycles. The van der Waals surface area contributed by atoms with Crippen molar-refractivity contribution in [3.05, 3.63) is 52.5 Å². The molecule has 2 fully saturated rings. The summed E-state index contributed by atoms with van der Waals surface area (Å²) in [5, 5.41) is 13.9. The van der Waals surface area contributed by atoms with E-state index in [-0.39, 0.29) is 23.8 Å². The van der Waals surface area contributed by atoms with Gasteiger partial charge >= 0.3 is 0 Å². The number of hydrogen-bond donors (Lipinski definition) is 1. The quantitative estimate of drug-likeness (QED) is 0.879. The Morgan fingerprint density at radius 1 is 1.19 bits per heavy atom. The zero-order valence-electron chi connectivity index (χ0n) is 15.6. The average molecular weight is 386 g/mol. The van der Waals surface area contributed by atoms with Gasteiger partial charge in [-0.2, -0.15) is 11.3 Å². The van der Waals surface area contributed by atoms with E-state index in [9.17, 15) is 9.90 Å². The zero-order chi connectivity index (χ0) is 18.7. The molecule has 144 valence electrons. The molecular weight excluding hydrogens is 358 g/mol. The smallest absolute Gasteiger partial charge is 0.254 e. The highest BCUT2D eigenvalue weighted by Gasteiger charge is 2.45. The molecule has 2 aromatic heterocycles. The van der Waals surface area contributed by atoms with Gasteiger partial charge in [-0.15, -0.1) is 0 Å². The molecule has 0 aliphatic carbocycles. The van der Waals surface area contributed by atoms with Crippen molar-refractivity contribution in [1.82, 2.24) is 14.8 Å². The predicted octanol–water partition coefficient (Wildman–Crippen LogP) is 2.88. The van der Waals surface area contributed by atoms with Crippen LogP contribution in [0, 0.1) is 11.3 Å². The van der Waals surface area contributed by atoms with Crippen LogP contribution < -0.4 is 0 Å². The van der Waals surface area contributed by atoms with Crippen LogP contribution in [-0.2, 0) is 6.54 Å². The largest absolute Gasteiger partial charge is 0.396 e. The molecule has 2 aliphatic rings. The SMILES string of the molecule is O=C(c1ccsc1)N1CCC2(CCN(Cc3ccncc3)CC2)[C@H](CO)C1. The van der Waals surface area contributed by atoms with Gasteiger partial charge in [0.15, 0.2) is 0 Å². The van der Waals surface area contributed by atoms with Crippen molar-refractivity contribution in [3.8, 4) is 0 Å². The molecule has 1 N–H and O–H groups in total. The highest BCUT2D eigenvalue weighted by atomic mass is 32.1. The lowest BCUT2D eigenvalue weighted by molar-refractivity contribution is -0.0364. The summed E-state index contributed by atoms with van der Waals surface area (Å²) in [6.45, 7) is 4.71. The van der Waals surface area contributed by atoms with E-state index in [0.29, 0.717) is 6.54 Å². The number of carbonyl (C=O) groups excluding carboxylic acids is 1. The summed E-state index contributed by atoms with van der Waals surface area (Å²) in [5.41, 5.74) is 2.25. The van der Waals surface area contributed by atoms with Crippen LogP contribution in [0.5, 0.6) is 0 Å². The topological polar surface area (TPSA) is 56.7 Å². The molecule has 2 aromatic rings. The standard InChI is InChI=1S/C21H27N3O2S/c25-15-19-14-24(20(26)18-3-12-27-16-18)11-6-21(19)4-9-23(10-5-21)13-17-1-7-22-8-2-17/h1-3,7-8,12,16,19,25H,4-6,9-11,13-15H2/t19-/m0/s1. The molecule has 1 amide bonds. The van der Waals surface area contributed by atoms with Crippen molar-refractivity contribution in [2.75, 3.05) is 32.8 Å². The van der Waals surface area contributed by atoms with E-state index >= 15 is 0 Å². The van der Waals surface area contributed by atoms with E-state index in [2.05, 4.69) is 22.0 Å². The fraction of sp³-hybridized carbons (Fsp3) is 0.524. The molecular formula is C21H27N3O2S. The minimum atomic E-state index is 0.111. The lowest BCUT2D eigenvalue weighted by atomic mass is 9.64. The van der Waals surface area contributed by atoms with E-state index in [4.69, 9.17) is 0 Å². The van der Waals surface area contributed by atoms with Gasteiger partial charge in [0.25, 0.3) is 5.91 Å². The Labute approximate surface area is 164 Å². The first-order chi connectivity index (χ1) is 13.2. The molecule has 1 atom stereocenters. The van der Waals surface area contributed by atoms with Crippen molar-refractivity contribution in [2.24, 2.45) is 11.3 Å². The van der Waals surface area contributed by atoms with Crippen LogP contribution in [0.3, 0.4) is 0 Å². The number of amides is 1. The molecule has 1 spiro atoms. The van der Waals surface area contributed by atoms with Gasteiger partial charge in [0, 0.05) is 49.9 Å². The van der Waals surface area contributed by atoms with Gasteiger partial charge in [0.1, 0.15) is 0 Å². The summed E-state index contributed by atoms with van der Waals surface area (Å²) in [6.07, 6.45) is 6.90. The molecule has 4 heterocycles. The fourth-order valence-electron chi connectivity index (χ4n) is 4.68. The molecule has 6 heteroatoms. The molecule has 2 saturated heterocycles. The van der Waals surface area contributed by atoms with Gasteiger partial charge in [0.2, 0.25) is 0 Å². The van der Waals surface area contributed by atoms with E-state index < -0.39 is 0 Å². The number of carbonyl (C=O) groups is 1. The Hall–Kier alpha value is -1.76. The lowest BCUT2D eigenvalue weighted by Crippen LogP contribution is -2.54. The van der Waals surface area contributed by atoms with E-state index in [1.807, 2.05) is 34.1 Å². The van der Waals surface area contributed by atoms with Crippen LogP contribution >= 0.6 is 11.3 Å². The summed E-state index contributed by atoms with van der Waals surface area (Å²) in [4.78, 5) is 21.2. The van der Waals surface area contributed by atoms with E-state index in [1.165, 1.54) is 5.56 Å². The number of thiophene rings is 1. The predicted molar refractivity (Wildman–Crippen MR) is 107 cm³/mol. The maximum Gasteiger partial charge on any atom is 0.254 e. The molecule has 0 bridgehead atoms. The third-order valence-electron chi connectivity index (χ3n) is 6.47. The van der Waals surface area contributed by atoms with E-state index in [1.54, 1.807) is 11.3 Å². The molecule has 0 radical (unpaired) electrons. The zero-order valence-corrected chi connectivity index (χ0v) is 16.4. The number of likely N-dealkylation sites (tertiary alicyclic amines) is 2. The molecule has 0 aromatic carbocycles. The van der Waals surface area contributed by atoms with Crippen LogP contribution in [0.25, 0.3) is 0 Å². The Kier molecular flexibility index (Phi) is 5.57. The van der Waals surface area contributed by atoms with Crippen LogP contribution in [0.15, 0.2) is 41.4 Å². The van der Waals surface area contributed by atoms with Crippen molar-refractivity contribution in [1.29, 1.82) is 0 Å². The number of nitrogens with zero attached hydrogens (tertiary/aromatic N) is 3. The molecule has 5 nitrogen and oxygen atoms in total. The number of pyridine rings is 1. The monoisotopic (exact) mass is 385 g/mol. The summed E-state index contributed by atoms with van der Waals surface area (Å²) in [6, 6.07) is 6.05. The number of aromatic nitrogens is 1. The second-order valence-corrected chi connectivity index (χ2v) is 8.67. The molecule has 0 unspecified atom stereocenters. The van der Waals surface area contributed by atoms with Gasteiger partial charge in [-0.05, 0) is 66.9 Å². The Morgan fingerprint density at radius 3 is 2.59 bits per heavy atom.